The fourth-order valence-electron chi connectivity index (χ4n) is 4.99. The Kier molecular flexibility index (Phi) is 7.70. The van der Waals surface area contributed by atoms with Crippen molar-refractivity contribution in [2.45, 2.75) is 25.4 Å². The van der Waals surface area contributed by atoms with Crippen LogP contribution in [0.25, 0.3) is 11.1 Å². The van der Waals surface area contributed by atoms with Crippen LogP contribution < -0.4 is 9.47 Å². The third kappa shape index (κ3) is 5.49. The Hall–Kier alpha value is -2.73. The lowest BCUT2D eigenvalue weighted by atomic mass is 9.88. The lowest BCUT2D eigenvalue weighted by molar-refractivity contribution is 0.198. The van der Waals surface area contributed by atoms with Crippen LogP contribution in [0.2, 0.25) is 10.0 Å². The molecular formula is C29H28Cl2FNO3. The summed E-state index contributed by atoms with van der Waals surface area (Å²) >= 11 is 12.8. The first-order chi connectivity index (χ1) is 17.5. The van der Waals surface area contributed by atoms with E-state index in [9.17, 15) is 9.50 Å². The van der Waals surface area contributed by atoms with Crippen molar-refractivity contribution < 1.29 is 19.0 Å². The van der Waals surface area contributed by atoms with Crippen molar-refractivity contribution in [2.75, 3.05) is 32.9 Å². The van der Waals surface area contributed by atoms with E-state index >= 15 is 0 Å². The van der Waals surface area contributed by atoms with E-state index < -0.39 is 0 Å². The number of benzene rings is 3. The zero-order valence-electron chi connectivity index (χ0n) is 19.9. The summed E-state index contributed by atoms with van der Waals surface area (Å²) < 4.78 is 24.8. The minimum absolute atomic E-state index is 0.105. The summed E-state index contributed by atoms with van der Waals surface area (Å²) in [5, 5.41) is 11.2. The van der Waals surface area contributed by atoms with Crippen LogP contribution in [0.1, 0.15) is 36.0 Å². The van der Waals surface area contributed by atoms with Gasteiger partial charge in [-0.1, -0.05) is 41.4 Å². The Morgan fingerprint density at radius 3 is 2.61 bits per heavy atom. The topological polar surface area (TPSA) is 41.9 Å². The monoisotopic (exact) mass is 527 g/mol. The zero-order chi connectivity index (χ0) is 25.1. The Morgan fingerprint density at radius 1 is 1.03 bits per heavy atom. The van der Waals surface area contributed by atoms with Crippen molar-refractivity contribution in [3.63, 3.8) is 0 Å². The lowest BCUT2D eigenvalue weighted by Gasteiger charge is -2.18. The Bertz CT molecular complexity index is 1260. The van der Waals surface area contributed by atoms with E-state index in [0.717, 1.165) is 59.6 Å². The van der Waals surface area contributed by atoms with E-state index in [1.807, 2.05) is 42.5 Å². The van der Waals surface area contributed by atoms with Gasteiger partial charge in [0.1, 0.15) is 23.4 Å². The predicted molar refractivity (Wildman–Crippen MR) is 143 cm³/mol. The Balaban J connectivity index is 1.49. The van der Waals surface area contributed by atoms with Gasteiger partial charge < -0.3 is 14.6 Å². The van der Waals surface area contributed by atoms with E-state index in [1.165, 1.54) is 0 Å². The Morgan fingerprint density at radius 2 is 1.83 bits per heavy atom. The molecule has 0 bridgehead atoms. The molecule has 2 aliphatic heterocycles. The van der Waals surface area contributed by atoms with Crippen LogP contribution in [0, 0.1) is 0 Å². The SMILES string of the molecule is Oc1ccc2c(c1)OCCC(c1ccc(Cl)cc1Cl)=C2c1ccc(O[C@H]2CCN(CCCF)C2)cc1. The number of phenolic OH excluding ortho intramolecular Hbond substituents is 1. The molecule has 2 aliphatic rings. The van der Waals surface area contributed by atoms with Crippen molar-refractivity contribution in [3.05, 3.63) is 87.4 Å². The minimum atomic E-state index is -0.281. The van der Waals surface area contributed by atoms with Crippen molar-refractivity contribution in [1.29, 1.82) is 0 Å². The van der Waals surface area contributed by atoms with Crippen LogP contribution in [0.3, 0.4) is 0 Å². The molecule has 0 spiro atoms. The summed E-state index contributed by atoms with van der Waals surface area (Å²) in [6, 6.07) is 18.8. The maximum Gasteiger partial charge on any atom is 0.130 e. The molecule has 3 aromatic carbocycles. The average molecular weight is 528 g/mol. The Labute approximate surface area is 220 Å². The molecule has 1 atom stereocenters. The van der Waals surface area contributed by atoms with Crippen molar-refractivity contribution in [2.24, 2.45) is 0 Å². The number of hydrogen-bond acceptors (Lipinski definition) is 4. The van der Waals surface area contributed by atoms with Gasteiger partial charge in [0.2, 0.25) is 0 Å². The summed E-state index contributed by atoms with van der Waals surface area (Å²) in [5.41, 5.74) is 4.84. The van der Waals surface area contributed by atoms with E-state index in [4.69, 9.17) is 32.7 Å². The van der Waals surface area contributed by atoms with E-state index in [-0.39, 0.29) is 18.5 Å². The number of halogens is 3. The number of fused-ring (bicyclic) bond motifs is 1. The smallest absolute Gasteiger partial charge is 0.130 e. The molecule has 5 rings (SSSR count). The van der Waals surface area contributed by atoms with Crippen molar-refractivity contribution >= 4 is 34.3 Å². The average Bonchev–Trinajstić information content (AvgIpc) is 3.22. The largest absolute Gasteiger partial charge is 0.508 e. The van der Waals surface area contributed by atoms with Gasteiger partial charge in [0.25, 0.3) is 0 Å². The van der Waals surface area contributed by atoms with Crippen molar-refractivity contribution in [3.8, 4) is 17.2 Å². The molecule has 1 fully saturated rings. The second-order valence-electron chi connectivity index (χ2n) is 9.15. The maximum absolute atomic E-state index is 12.5. The lowest BCUT2D eigenvalue weighted by Crippen LogP contribution is -2.26. The number of aromatic hydroxyl groups is 1. The van der Waals surface area contributed by atoms with E-state index in [0.29, 0.717) is 35.2 Å². The number of rotatable bonds is 7. The fraction of sp³-hybridized carbons (Fsp3) is 0.310. The van der Waals surface area contributed by atoms with Gasteiger partial charge in [-0.2, -0.15) is 0 Å². The second-order valence-corrected chi connectivity index (χ2v) is 10.00. The molecule has 1 N–H and O–H groups in total. The molecular weight excluding hydrogens is 500 g/mol. The molecule has 0 aliphatic carbocycles. The molecule has 0 amide bonds. The first kappa shape index (κ1) is 24.9. The summed E-state index contributed by atoms with van der Waals surface area (Å²) in [6.45, 7) is 2.70. The number of nitrogens with zero attached hydrogens (tertiary/aromatic N) is 1. The first-order valence-electron chi connectivity index (χ1n) is 12.2. The van der Waals surface area contributed by atoms with Crippen LogP contribution in [0.4, 0.5) is 4.39 Å². The first-order valence-corrected chi connectivity index (χ1v) is 13.0. The van der Waals surface area contributed by atoms with Gasteiger partial charge in [-0.15, -0.1) is 0 Å². The van der Waals surface area contributed by atoms with Crippen LogP contribution >= 0.6 is 23.2 Å². The molecule has 36 heavy (non-hydrogen) atoms. The molecule has 1 saturated heterocycles. The number of hydrogen-bond donors (Lipinski definition) is 1. The van der Waals surface area contributed by atoms with Crippen LogP contribution in [-0.4, -0.2) is 49.0 Å². The normalized spacial score (nSPS) is 18.0. The third-order valence-corrected chi connectivity index (χ3v) is 7.23. The molecule has 4 nitrogen and oxygen atoms in total. The highest BCUT2D eigenvalue weighted by molar-refractivity contribution is 6.36. The summed E-state index contributed by atoms with van der Waals surface area (Å²) in [6.07, 6.45) is 2.25. The zero-order valence-corrected chi connectivity index (χ0v) is 21.4. The predicted octanol–water partition coefficient (Wildman–Crippen LogP) is 7.25. The molecule has 7 heteroatoms. The van der Waals surface area contributed by atoms with Gasteiger partial charge in [0.05, 0.1) is 13.3 Å². The summed E-state index contributed by atoms with van der Waals surface area (Å²) in [5.74, 6) is 1.59. The van der Waals surface area contributed by atoms with E-state index in [2.05, 4.69) is 4.90 Å². The van der Waals surface area contributed by atoms with Crippen LogP contribution in [-0.2, 0) is 0 Å². The number of ether oxygens (including phenoxy) is 2. The molecule has 0 saturated carbocycles. The quantitative estimate of drug-likeness (QED) is 0.351. The summed E-state index contributed by atoms with van der Waals surface area (Å²) in [4.78, 5) is 2.25. The molecule has 188 valence electrons. The highest BCUT2D eigenvalue weighted by Crippen LogP contribution is 2.44. The van der Waals surface area contributed by atoms with Gasteiger partial charge in [-0.25, -0.2) is 0 Å². The maximum atomic E-state index is 12.5. The highest BCUT2D eigenvalue weighted by atomic mass is 35.5. The van der Waals surface area contributed by atoms with Gasteiger partial charge in [0, 0.05) is 47.7 Å². The third-order valence-electron chi connectivity index (χ3n) is 6.69. The minimum Gasteiger partial charge on any atom is -0.508 e. The molecule has 3 aromatic rings. The molecule has 0 radical (unpaired) electrons. The molecule has 0 unspecified atom stereocenters. The van der Waals surface area contributed by atoms with Gasteiger partial charge in [0.15, 0.2) is 0 Å². The summed E-state index contributed by atoms with van der Waals surface area (Å²) in [7, 11) is 0. The van der Waals surface area contributed by atoms with Crippen LogP contribution in [0.5, 0.6) is 17.2 Å². The van der Waals surface area contributed by atoms with Crippen LogP contribution in [0.15, 0.2) is 60.7 Å². The van der Waals surface area contributed by atoms with Gasteiger partial charge >= 0.3 is 0 Å². The number of phenols is 1. The molecule has 0 aromatic heterocycles. The number of likely N-dealkylation sites (tertiary alicyclic amines) is 1. The second kappa shape index (κ2) is 11.1. The van der Waals surface area contributed by atoms with Gasteiger partial charge in [-0.05, 0) is 71.5 Å². The fourth-order valence-corrected chi connectivity index (χ4v) is 5.52. The van der Waals surface area contributed by atoms with Gasteiger partial charge in [-0.3, -0.25) is 9.29 Å². The standard InChI is InChI=1S/C29H28Cl2FNO3/c30-20-4-8-24(27(31)16-20)25-11-15-35-28-17-21(34)5-9-26(28)29(25)19-2-6-22(7-3-19)36-23-10-14-33(18-23)13-1-12-32/h2-9,16-17,23,34H,1,10-15,18H2/t23-/m0/s1. The van der Waals surface area contributed by atoms with Crippen molar-refractivity contribution in [1.82, 2.24) is 4.90 Å². The highest BCUT2D eigenvalue weighted by Gasteiger charge is 2.25. The number of alkyl halides is 1. The molecule has 2 heterocycles. The van der Waals surface area contributed by atoms with E-state index in [1.54, 1.807) is 18.2 Å².